The molecule has 0 radical (unpaired) electrons. The van der Waals surface area contributed by atoms with Gasteiger partial charge in [-0.25, -0.2) is 0 Å². The summed E-state index contributed by atoms with van der Waals surface area (Å²) in [6.07, 6.45) is 7.13. The lowest BCUT2D eigenvalue weighted by molar-refractivity contribution is 0.735. The van der Waals surface area contributed by atoms with Crippen molar-refractivity contribution < 1.29 is 0 Å². The highest BCUT2D eigenvalue weighted by Crippen LogP contribution is 2.06. The van der Waals surface area contributed by atoms with E-state index in [-0.39, 0.29) is 0 Å². The molecule has 0 aromatic rings. The van der Waals surface area contributed by atoms with Crippen molar-refractivity contribution >= 4 is 11.8 Å². The van der Waals surface area contributed by atoms with E-state index in [0.29, 0.717) is 0 Å². The highest BCUT2D eigenvalue weighted by atomic mass is 32.2. The first-order chi connectivity index (χ1) is 5.41. The van der Waals surface area contributed by atoms with E-state index in [1.54, 1.807) is 0 Å². The van der Waals surface area contributed by atoms with Crippen LogP contribution >= 0.6 is 11.8 Å². The van der Waals surface area contributed by atoms with Crippen LogP contribution in [0.5, 0.6) is 0 Å². The molecule has 0 atom stereocenters. The molecule has 0 aromatic heterocycles. The van der Waals surface area contributed by atoms with Gasteiger partial charge in [0, 0.05) is 12.3 Å². The van der Waals surface area contributed by atoms with E-state index >= 15 is 0 Å². The fourth-order valence-electron chi connectivity index (χ4n) is 0.855. The minimum Gasteiger partial charge on any atom is -0.330 e. The van der Waals surface area contributed by atoms with E-state index < -0.39 is 0 Å². The number of thioether (sulfide) groups is 1. The second-order valence-corrected chi connectivity index (χ2v) is 3.76. The predicted molar refractivity (Wildman–Crippen MR) is 55.0 cm³/mol. The number of allylic oxidation sites excluding steroid dienone is 1. The Morgan fingerprint density at radius 1 is 1.18 bits per heavy atom. The van der Waals surface area contributed by atoms with Gasteiger partial charge in [-0.05, 0) is 25.0 Å². The number of rotatable bonds is 8. The van der Waals surface area contributed by atoms with Crippen LogP contribution in [0.3, 0.4) is 0 Å². The molecule has 0 spiro atoms. The third-order valence-electron chi connectivity index (χ3n) is 1.46. The van der Waals surface area contributed by atoms with Crippen molar-refractivity contribution in [1.82, 2.24) is 0 Å². The minimum absolute atomic E-state index is 0.817. The van der Waals surface area contributed by atoms with Gasteiger partial charge < -0.3 is 5.73 Å². The molecule has 2 N–H and O–H groups in total. The van der Waals surface area contributed by atoms with Gasteiger partial charge in [0.2, 0.25) is 0 Å². The van der Waals surface area contributed by atoms with E-state index in [1.165, 1.54) is 31.4 Å². The van der Waals surface area contributed by atoms with Crippen LogP contribution in [0.25, 0.3) is 0 Å². The second-order valence-electron chi connectivity index (χ2n) is 2.54. The fourth-order valence-corrected chi connectivity index (χ4v) is 1.63. The van der Waals surface area contributed by atoms with Crippen LogP contribution in [0.15, 0.2) is 12.7 Å². The molecule has 0 rings (SSSR count). The van der Waals surface area contributed by atoms with Gasteiger partial charge in [0.15, 0.2) is 0 Å². The largest absolute Gasteiger partial charge is 0.330 e. The summed E-state index contributed by atoms with van der Waals surface area (Å²) in [6, 6.07) is 0. The molecule has 0 saturated heterocycles. The van der Waals surface area contributed by atoms with E-state index in [0.717, 1.165) is 12.3 Å². The highest BCUT2D eigenvalue weighted by Gasteiger charge is 1.88. The maximum absolute atomic E-state index is 5.36. The van der Waals surface area contributed by atoms with Crippen LogP contribution in [-0.2, 0) is 0 Å². The molecule has 66 valence electrons. The summed E-state index contributed by atoms with van der Waals surface area (Å²) in [5.74, 6) is 2.38. The SMILES string of the molecule is C=CCCCCCSCCN. The lowest BCUT2D eigenvalue weighted by Gasteiger charge is -1.98. The Labute approximate surface area is 74.4 Å². The molecule has 0 aliphatic carbocycles. The van der Waals surface area contributed by atoms with Crippen molar-refractivity contribution in [2.45, 2.75) is 25.7 Å². The average molecular weight is 173 g/mol. The van der Waals surface area contributed by atoms with Gasteiger partial charge in [0.05, 0.1) is 0 Å². The molecule has 2 heteroatoms. The van der Waals surface area contributed by atoms with Crippen LogP contribution < -0.4 is 5.73 Å². The first-order valence-corrected chi connectivity index (χ1v) is 5.46. The summed E-state index contributed by atoms with van der Waals surface area (Å²) in [5, 5.41) is 0. The Bertz CT molecular complexity index is 83.6. The van der Waals surface area contributed by atoms with Gasteiger partial charge in [0.25, 0.3) is 0 Å². The number of hydrogen-bond donors (Lipinski definition) is 1. The second kappa shape index (κ2) is 10.0. The van der Waals surface area contributed by atoms with E-state index in [4.69, 9.17) is 5.73 Å². The van der Waals surface area contributed by atoms with Crippen LogP contribution in [0.4, 0.5) is 0 Å². The molecule has 0 aromatic carbocycles. The zero-order chi connectivity index (χ0) is 8.36. The summed E-state index contributed by atoms with van der Waals surface area (Å²) in [6.45, 7) is 4.50. The van der Waals surface area contributed by atoms with Gasteiger partial charge in [-0.2, -0.15) is 11.8 Å². The molecule has 1 nitrogen and oxygen atoms in total. The zero-order valence-electron chi connectivity index (χ0n) is 7.22. The van der Waals surface area contributed by atoms with Crippen LogP contribution in [0, 0.1) is 0 Å². The lowest BCUT2D eigenvalue weighted by Crippen LogP contribution is -2.01. The summed E-state index contributed by atoms with van der Waals surface area (Å²) >= 11 is 1.96. The third-order valence-corrected chi connectivity index (χ3v) is 2.56. The summed E-state index contributed by atoms with van der Waals surface area (Å²) in [7, 11) is 0. The van der Waals surface area contributed by atoms with Gasteiger partial charge in [-0.3, -0.25) is 0 Å². The molecule has 0 bridgehead atoms. The van der Waals surface area contributed by atoms with Crippen LogP contribution in [0.1, 0.15) is 25.7 Å². The molecule has 0 fully saturated rings. The number of unbranched alkanes of at least 4 members (excludes halogenated alkanes) is 3. The maximum Gasteiger partial charge on any atom is 0.00558 e. The molecule has 0 heterocycles. The highest BCUT2D eigenvalue weighted by molar-refractivity contribution is 7.99. The summed E-state index contributed by atoms with van der Waals surface area (Å²) < 4.78 is 0. The monoisotopic (exact) mass is 173 g/mol. The normalized spacial score (nSPS) is 9.91. The first-order valence-electron chi connectivity index (χ1n) is 4.30. The number of nitrogens with two attached hydrogens (primary N) is 1. The van der Waals surface area contributed by atoms with E-state index in [2.05, 4.69) is 6.58 Å². The van der Waals surface area contributed by atoms with Crippen molar-refractivity contribution in [2.24, 2.45) is 5.73 Å². The predicted octanol–water partition coefficient (Wildman–Crippen LogP) is 2.42. The molecular formula is C9H19NS. The smallest absolute Gasteiger partial charge is 0.00558 e. The van der Waals surface area contributed by atoms with Crippen LogP contribution in [-0.4, -0.2) is 18.1 Å². The van der Waals surface area contributed by atoms with Gasteiger partial charge in [-0.1, -0.05) is 12.5 Å². The maximum atomic E-state index is 5.36. The standard InChI is InChI=1S/C9H19NS/c1-2-3-4-5-6-8-11-9-7-10/h2H,1,3-10H2. The fraction of sp³-hybridized carbons (Fsp3) is 0.778. The van der Waals surface area contributed by atoms with Gasteiger partial charge >= 0.3 is 0 Å². The Hall–Kier alpha value is 0.0500. The minimum atomic E-state index is 0.817. The van der Waals surface area contributed by atoms with Crippen molar-refractivity contribution in [3.8, 4) is 0 Å². The van der Waals surface area contributed by atoms with Crippen LogP contribution in [0.2, 0.25) is 0 Å². The topological polar surface area (TPSA) is 26.0 Å². The van der Waals surface area contributed by atoms with Crippen molar-refractivity contribution in [3.63, 3.8) is 0 Å². The van der Waals surface area contributed by atoms with E-state index in [1.807, 2.05) is 17.8 Å². The van der Waals surface area contributed by atoms with Crippen molar-refractivity contribution in [1.29, 1.82) is 0 Å². The quantitative estimate of drug-likeness (QED) is 0.450. The molecule has 0 unspecified atom stereocenters. The number of hydrogen-bond acceptors (Lipinski definition) is 2. The van der Waals surface area contributed by atoms with Gasteiger partial charge in [0.1, 0.15) is 0 Å². The van der Waals surface area contributed by atoms with Crippen molar-refractivity contribution in [3.05, 3.63) is 12.7 Å². The van der Waals surface area contributed by atoms with E-state index in [9.17, 15) is 0 Å². The Balaban J connectivity index is 2.74. The summed E-state index contributed by atoms with van der Waals surface area (Å²) in [4.78, 5) is 0. The molecule has 0 aliphatic rings. The molecular weight excluding hydrogens is 154 g/mol. The lowest BCUT2D eigenvalue weighted by atomic mass is 10.2. The third kappa shape index (κ3) is 10.1. The summed E-state index contributed by atoms with van der Waals surface area (Å²) in [5.41, 5.74) is 5.36. The molecule has 11 heavy (non-hydrogen) atoms. The Kier molecular flexibility index (Phi) is 10.1. The first kappa shape index (κ1) is 11.1. The van der Waals surface area contributed by atoms with Crippen molar-refractivity contribution in [2.75, 3.05) is 18.1 Å². The molecule has 0 amide bonds. The zero-order valence-corrected chi connectivity index (χ0v) is 8.04. The molecule has 0 aliphatic heterocycles. The van der Waals surface area contributed by atoms with Gasteiger partial charge in [-0.15, -0.1) is 6.58 Å². The molecule has 0 saturated carbocycles. The Morgan fingerprint density at radius 2 is 2.00 bits per heavy atom. The Morgan fingerprint density at radius 3 is 2.64 bits per heavy atom. The average Bonchev–Trinajstić information content (AvgIpc) is 2.03.